The van der Waals surface area contributed by atoms with Crippen molar-refractivity contribution in [3.63, 3.8) is 0 Å². The van der Waals surface area contributed by atoms with Gasteiger partial charge in [0, 0.05) is 37.0 Å². The Bertz CT molecular complexity index is 1090. The summed E-state index contributed by atoms with van der Waals surface area (Å²) < 4.78 is 27.5. The number of aliphatic imine (C=N–C) groups is 2. The summed E-state index contributed by atoms with van der Waals surface area (Å²) in [5.41, 5.74) is 8.15. The second kappa shape index (κ2) is 6.04. The molecular weight excluding hydrogens is 384 g/mol. The Morgan fingerprint density at radius 2 is 2.10 bits per heavy atom. The molecule has 5 rings (SSSR count). The molecule has 1 aliphatic carbocycles. The number of hydrogen-bond acceptors (Lipinski definition) is 8. The number of aromatic nitrogens is 3. The van der Waals surface area contributed by atoms with Crippen molar-refractivity contribution in [2.24, 2.45) is 15.7 Å². The minimum atomic E-state index is -2.74. The number of aromatic amines is 1. The molecule has 29 heavy (non-hydrogen) atoms. The molecule has 2 aliphatic heterocycles. The first-order valence-electron chi connectivity index (χ1n) is 9.03. The smallest absolute Gasteiger partial charge is 0.278 e. The zero-order valence-electron chi connectivity index (χ0n) is 15.1. The highest BCUT2D eigenvalue weighted by atomic mass is 19.3. The number of amidine groups is 1. The Balaban J connectivity index is 1.48. The number of H-pyrrole nitrogens is 1. The molecule has 1 aromatic carbocycles. The third-order valence-electron chi connectivity index (χ3n) is 5.11. The van der Waals surface area contributed by atoms with Gasteiger partial charge in [0.05, 0.1) is 0 Å². The minimum Gasteiger partial charge on any atom is -0.331 e. The van der Waals surface area contributed by atoms with Crippen molar-refractivity contribution in [3.8, 4) is 0 Å². The van der Waals surface area contributed by atoms with E-state index < -0.39 is 23.8 Å². The number of hydrogen-bond donors (Lipinski definition) is 4. The quantitative estimate of drug-likeness (QED) is 0.564. The van der Waals surface area contributed by atoms with Crippen molar-refractivity contribution >= 4 is 34.2 Å². The fourth-order valence-electron chi connectivity index (χ4n) is 3.78. The zero-order valence-corrected chi connectivity index (χ0v) is 15.1. The van der Waals surface area contributed by atoms with Gasteiger partial charge in [-0.2, -0.15) is 15.4 Å². The van der Waals surface area contributed by atoms with Gasteiger partial charge < -0.3 is 10.2 Å². The molecule has 1 saturated carbocycles. The van der Waals surface area contributed by atoms with Crippen molar-refractivity contribution in [1.82, 2.24) is 25.6 Å². The highest BCUT2D eigenvalue weighted by Gasteiger charge is 2.46. The van der Waals surface area contributed by atoms with Gasteiger partial charge in [-0.25, -0.2) is 18.8 Å². The molecule has 0 bridgehead atoms. The summed E-state index contributed by atoms with van der Waals surface area (Å²) in [7, 11) is 0. The number of nitrogens with one attached hydrogen (secondary N) is 3. The topological polar surface area (TPSA) is 137 Å². The van der Waals surface area contributed by atoms with E-state index in [-0.39, 0.29) is 30.8 Å². The van der Waals surface area contributed by atoms with Crippen LogP contribution in [0.4, 0.5) is 14.5 Å². The normalized spacial score (nSPS) is 28.0. The van der Waals surface area contributed by atoms with Gasteiger partial charge in [0.2, 0.25) is 5.92 Å². The standard InChI is InChI=1S/C17H17F2N9O/c18-16(19)4-3-10(8-16)28-6-5-21-13-14(28)23-17(20,24-15(13)29)22-9-1-2-11-12(7-9)26-27-25-11/h1-2,5-7,10,22H,3-4,8,20H2,(H,24,29)(H,25,26,27). The van der Waals surface area contributed by atoms with Gasteiger partial charge in [0.25, 0.3) is 11.8 Å². The first-order valence-corrected chi connectivity index (χ1v) is 9.03. The molecule has 12 heteroatoms. The van der Waals surface area contributed by atoms with Crippen LogP contribution in [0.2, 0.25) is 0 Å². The molecule has 3 heterocycles. The maximum absolute atomic E-state index is 13.7. The highest BCUT2D eigenvalue weighted by Crippen LogP contribution is 2.38. The number of rotatable bonds is 3. The van der Waals surface area contributed by atoms with Crippen LogP contribution in [0, 0.1) is 0 Å². The molecule has 0 radical (unpaired) electrons. The summed E-state index contributed by atoms with van der Waals surface area (Å²) in [4.78, 5) is 22.7. The molecule has 0 saturated heterocycles. The summed E-state index contributed by atoms with van der Waals surface area (Å²) >= 11 is 0. The number of carbonyl (C=O) groups excluding carboxylic acids is 1. The zero-order chi connectivity index (χ0) is 20.2. The van der Waals surface area contributed by atoms with Crippen molar-refractivity contribution < 1.29 is 13.6 Å². The average Bonchev–Trinajstić information content (AvgIpc) is 3.26. The Hall–Kier alpha value is -3.41. The van der Waals surface area contributed by atoms with Crippen LogP contribution >= 0.6 is 0 Å². The van der Waals surface area contributed by atoms with Gasteiger partial charge in [-0.3, -0.25) is 15.8 Å². The SMILES string of the molecule is NC1(Nc2ccc3n[nH]nc3c2)N=C2C(=NC=CN2C2CCC(F)(F)C2)C(=O)N1. The predicted molar refractivity (Wildman–Crippen MR) is 101 cm³/mol. The van der Waals surface area contributed by atoms with E-state index in [2.05, 4.69) is 36.0 Å². The van der Waals surface area contributed by atoms with Gasteiger partial charge in [-0.05, 0) is 24.6 Å². The Labute approximate surface area is 162 Å². The van der Waals surface area contributed by atoms with Gasteiger partial charge in [-0.15, -0.1) is 0 Å². The lowest BCUT2D eigenvalue weighted by molar-refractivity contribution is -0.116. The van der Waals surface area contributed by atoms with E-state index in [1.807, 2.05) is 0 Å². The van der Waals surface area contributed by atoms with E-state index in [1.165, 1.54) is 6.20 Å². The third-order valence-corrected chi connectivity index (χ3v) is 5.11. The van der Waals surface area contributed by atoms with Crippen LogP contribution in [0.15, 0.2) is 40.6 Å². The molecular formula is C17H17F2N9O. The van der Waals surface area contributed by atoms with E-state index in [0.717, 1.165) is 0 Å². The van der Waals surface area contributed by atoms with Crippen molar-refractivity contribution in [3.05, 3.63) is 30.6 Å². The number of halogens is 2. The van der Waals surface area contributed by atoms with Crippen LogP contribution in [0.1, 0.15) is 19.3 Å². The number of benzene rings is 1. The summed E-state index contributed by atoms with van der Waals surface area (Å²) in [5, 5.41) is 16.0. The molecule has 1 aromatic heterocycles. The van der Waals surface area contributed by atoms with Crippen LogP contribution in [-0.2, 0) is 4.79 Å². The van der Waals surface area contributed by atoms with E-state index in [1.54, 1.807) is 29.3 Å². The van der Waals surface area contributed by atoms with Crippen molar-refractivity contribution in [1.29, 1.82) is 0 Å². The van der Waals surface area contributed by atoms with Crippen LogP contribution in [0.5, 0.6) is 0 Å². The van der Waals surface area contributed by atoms with Crippen LogP contribution in [0.3, 0.4) is 0 Å². The predicted octanol–water partition coefficient (Wildman–Crippen LogP) is 0.884. The Kier molecular flexibility index (Phi) is 3.68. The molecule has 2 aromatic rings. The molecule has 150 valence electrons. The first kappa shape index (κ1) is 17.7. The lowest BCUT2D eigenvalue weighted by Crippen LogP contribution is -2.67. The first-order chi connectivity index (χ1) is 13.8. The second-order valence-corrected chi connectivity index (χ2v) is 7.24. The molecule has 2 unspecified atom stereocenters. The number of anilines is 1. The van der Waals surface area contributed by atoms with Crippen LogP contribution in [-0.4, -0.2) is 55.6 Å². The van der Waals surface area contributed by atoms with E-state index >= 15 is 0 Å². The third kappa shape index (κ3) is 3.10. The van der Waals surface area contributed by atoms with Crippen molar-refractivity contribution in [2.45, 2.75) is 37.1 Å². The number of carbonyl (C=O) groups is 1. The van der Waals surface area contributed by atoms with Crippen molar-refractivity contribution in [2.75, 3.05) is 5.32 Å². The number of nitrogens with two attached hydrogens (primary N) is 1. The van der Waals surface area contributed by atoms with Crippen LogP contribution in [0.25, 0.3) is 11.0 Å². The molecule has 10 nitrogen and oxygen atoms in total. The van der Waals surface area contributed by atoms with Gasteiger partial charge in [-0.1, -0.05) is 0 Å². The molecule has 1 fully saturated rings. The summed E-state index contributed by atoms with van der Waals surface area (Å²) in [6, 6.07) is 4.64. The largest absolute Gasteiger partial charge is 0.331 e. The fourth-order valence-corrected chi connectivity index (χ4v) is 3.78. The summed E-state index contributed by atoms with van der Waals surface area (Å²) in [5.74, 6) is -4.81. The summed E-state index contributed by atoms with van der Waals surface area (Å²) in [6.45, 7) is 0. The second-order valence-electron chi connectivity index (χ2n) is 7.24. The van der Waals surface area contributed by atoms with E-state index in [9.17, 15) is 13.6 Å². The molecule has 0 spiro atoms. The van der Waals surface area contributed by atoms with Gasteiger partial charge >= 0.3 is 0 Å². The fraction of sp³-hybridized carbons (Fsp3) is 0.353. The van der Waals surface area contributed by atoms with Gasteiger partial charge in [0.15, 0.2) is 11.5 Å². The average molecular weight is 401 g/mol. The van der Waals surface area contributed by atoms with E-state index in [4.69, 9.17) is 5.73 Å². The number of amides is 1. The monoisotopic (exact) mass is 401 g/mol. The number of nitrogens with zero attached hydrogens (tertiary/aromatic N) is 5. The maximum Gasteiger partial charge on any atom is 0.278 e. The molecule has 5 N–H and O–H groups in total. The lowest BCUT2D eigenvalue weighted by atomic mass is 10.1. The van der Waals surface area contributed by atoms with Crippen LogP contribution < -0.4 is 16.4 Å². The minimum absolute atomic E-state index is 0.0394. The highest BCUT2D eigenvalue weighted by molar-refractivity contribution is 6.67. The Morgan fingerprint density at radius 1 is 1.28 bits per heavy atom. The molecule has 2 atom stereocenters. The summed E-state index contributed by atoms with van der Waals surface area (Å²) in [6.07, 6.45) is 2.70. The Morgan fingerprint density at radius 3 is 2.90 bits per heavy atom. The lowest BCUT2D eigenvalue weighted by Gasteiger charge is -2.38. The molecule has 3 aliphatic rings. The van der Waals surface area contributed by atoms with E-state index in [0.29, 0.717) is 16.7 Å². The number of alkyl halides is 2. The maximum atomic E-state index is 13.7. The van der Waals surface area contributed by atoms with Gasteiger partial charge in [0.1, 0.15) is 11.0 Å². The molecule has 1 amide bonds. The number of fused-ring (bicyclic) bond motifs is 2.